The van der Waals surface area contributed by atoms with Gasteiger partial charge < -0.3 is 5.32 Å². The minimum absolute atomic E-state index is 0.654. The second-order valence-corrected chi connectivity index (χ2v) is 5.04. The average molecular weight is 249 g/mol. The Morgan fingerprint density at radius 3 is 2.88 bits per heavy atom. The van der Waals surface area contributed by atoms with Gasteiger partial charge in [-0.05, 0) is 36.2 Å². The molecule has 0 spiro atoms. The normalized spacial score (nSPS) is 11.3. The van der Waals surface area contributed by atoms with Crippen molar-refractivity contribution in [2.24, 2.45) is 5.92 Å². The fraction of sp³-hybridized carbons (Fsp3) is 0.357. The maximum absolute atomic E-state index is 6.15. The molecule has 1 aromatic heterocycles. The van der Waals surface area contributed by atoms with E-state index in [2.05, 4.69) is 24.1 Å². The van der Waals surface area contributed by atoms with E-state index in [0.29, 0.717) is 5.92 Å². The molecule has 0 radical (unpaired) electrons. The van der Waals surface area contributed by atoms with E-state index >= 15 is 0 Å². The first kappa shape index (κ1) is 12.3. The number of fused-ring (bicyclic) bond motifs is 1. The van der Waals surface area contributed by atoms with E-state index in [-0.39, 0.29) is 0 Å². The molecule has 2 aromatic rings. The van der Waals surface area contributed by atoms with Crippen molar-refractivity contribution >= 4 is 22.5 Å². The maximum Gasteiger partial charge on any atom is 0.0761 e. The first-order valence-corrected chi connectivity index (χ1v) is 6.29. The molecule has 0 unspecified atom stereocenters. The Balaban J connectivity index is 2.26. The highest BCUT2D eigenvalue weighted by Gasteiger charge is 2.05. The standard InChI is InChI=1S/C14H17ClN2/c1-10(2)8-16-9-11-5-6-13(15)12-4-3-7-17-14(11)12/h3-7,10,16H,8-9H2,1-2H3. The van der Waals surface area contributed by atoms with E-state index in [1.165, 1.54) is 5.56 Å². The molecule has 1 N–H and O–H groups in total. The third-order valence-electron chi connectivity index (χ3n) is 2.67. The van der Waals surface area contributed by atoms with Crippen LogP contribution in [0.5, 0.6) is 0 Å². The summed E-state index contributed by atoms with van der Waals surface area (Å²) in [5.74, 6) is 0.654. The fourth-order valence-electron chi connectivity index (χ4n) is 1.83. The first-order chi connectivity index (χ1) is 8.18. The van der Waals surface area contributed by atoms with Crippen molar-refractivity contribution in [3.63, 3.8) is 0 Å². The van der Waals surface area contributed by atoms with Crippen LogP contribution in [0.4, 0.5) is 0 Å². The molecule has 1 aromatic carbocycles. The Bertz CT molecular complexity index is 509. The Kier molecular flexibility index (Phi) is 3.97. The SMILES string of the molecule is CC(C)CNCc1ccc(Cl)c2cccnc12. The molecular weight excluding hydrogens is 232 g/mol. The summed E-state index contributed by atoms with van der Waals surface area (Å²) in [4.78, 5) is 4.42. The quantitative estimate of drug-likeness (QED) is 0.894. The van der Waals surface area contributed by atoms with Crippen LogP contribution in [-0.4, -0.2) is 11.5 Å². The number of benzene rings is 1. The van der Waals surface area contributed by atoms with Crippen LogP contribution >= 0.6 is 11.6 Å². The summed E-state index contributed by atoms with van der Waals surface area (Å²) in [5, 5.41) is 5.22. The van der Waals surface area contributed by atoms with Gasteiger partial charge in [0.1, 0.15) is 0 Å². The van der Waals surface area contributed by atoms with Crippen LogP contribution in [0.25, 0.3) is 10.9 Å². The molecule has 0 aliphatic rings. The summed E-state index contributed by atoms with van der Waals surface area (Å²) in [6, 6.07) is 7.92. The van der Waals surface area contributed by atoms with E-state index in [4.69, 9.17) is 11.6 Å². The highest BCUT2D eigenvalue weighted by Crippen LogP contribution is 2.24. The predicted octanol–water partition coefficient (Wildman–Crippen LogP) is 3.63. The van der Waals surface area contributed by atoms with Crippen molar-refractivity contribution in [1.82, 2.24) is 10.3 Å². The van der Waals surface area contributed by atoms with Gasteiger partial charge in [0.15, 0.2) is 0 Å². The third-order valence-corrected chi connectivity index (χ3v) is 3.00. The molecule has 0 saturated heterocycles. The number of hydrogen-bond acceptors (Lipinski definition) is 2. The van der Waals surface area contributed by atoms with Gasteiger partial charge in [0, 0.05) is 23.2 Å². The molecule has 0 atom stereocenters. The zero-order valence-corrected chi connectivity index (χ0v) is 11.0. The lowest BCUT2D eigenvalue weighted by molar-refractivity contribution is 0.553. The molecule has 0 amide bonds. The molecule has 1 heterocycles. The van der Waals surface area contributed by atoms with E-state index in [1.54, 1.807) is 0 Å². The highest BCUT2D eigenvalue weighted by atomic mass is 35.5. The number of nitrogens with one attached hydrogen (secondary N) is 1. The van der Waals surface area contributed by atoms with E-state index in [0.717, 1.165) is 29.0 Å². The molecule has 3 heteroatoms. The smallest absolute Gasteiger partial charge is 0.0761 e. The van der Waals surface area contributed by atoms with E-state index in [9.17, 15) is 0 Å². The first-order valence-electron chi connectivity index (χ1n) is 5.91. The van der Waals surface area contributed by atoms with Gasteiger partial charge in [0.2, 0.25) is 0 Å². The van der Waals surface area contributed by atoms with Crippen molar-refractivity contribution in [3.05, 3.63) is 41.0 Å². The lowest BCUT2D eigenvalue weighted by Gasteiger charge is -2.10. The van der Waals surface area contributed by atoms with Crippen LogP contribution in [0.1, 0.15) is 19.4 Å². The van der Waals surface area contributed by atoms with Crippen LogP contribution in [0, 0.1) is 5.92 Å². The zero-order valence-electron chi connectivity index (χ0n) is 10.2. The topological polar surface area (TPSA) is 24.9 Å². The van der Waals surface area contributed by atoms with E-state index < -0.39 is 0 Å². The lowest BCUT2D eigenvalue weighted by Crippen LogP contribution is -2.19. The predicted molar refractivity (Wildman–Crippen MR) is 73.3 cm³/mol. The van der Waals surface area contributed by atoms with Crippen molar-refractivity contribution in [3.8, 4) is 0 Å². The van der Waals surface area contributed by atoms with Gasteiger partial charge in [0.25, 0.3) is 0 Å². The maximum atomic E-state index is 6.15. The van der Waals surface area contributed by atoms with Gasteiger partial charge >= 0.3 is 0 Å². The van der Waals surface area contributed by atoms with Crippen molar-refractivity contribution in [2.75, 3.05) is 6.54 Å². The van der Waals surface area contributed by atoms with Crippen LogP contribution in [0.2, 0.25) is 5.02 Å². The number of aromatic nitrogens is 1. The molecule has 0 saturated carbocycles. The van der Waals surface area contributed by atoms with Gasteiger partial charge in [0.05, 0.1) is 5.52 Å². The van der Waals surface area contributed by atoms with Gasteiger partial charge in [-0.15, -0.1) is 0 Å². The summed E-state index contributed by atoms with van der Waals surface area (Å²) in [5.41, 5.74) is 2.20. The number of nitrogens with zero attached hydrogens (tertiary/aromatic N) is 1. The summed E-state index contributed by atoms with van der Waals surface area (Å²) in [6.45, 7) is 6.25. The van der Waals surface area contributed by atoms with Crippen molar-refractivity contribution < 1.29 is 0 Å². The Morgan fingerprint density at radius 1 is 1.29 bits per heavy atom. The molecule has 2 nitrogen and oxygen atoms in total. The monoisotopic (exact) mass is 248 g/mol. The van der Waals surface area contributed by atoms with E-state index in [1.807, 2.05) is 30.5 Å². The lowest BCUT2D eigenvalue weighted by atomic mass is 10.1. The molecule has 90 valence electrons. The van der Waals surface area contributed by atoms with Crippen LogP contribution in [0.3, 0.4) is 0 Å². The largest absolute Gasteiger partial charge is 0.312 e. The molecule has 0 aliphatic heterocycles. The molecule has 2 rings (SSSR count). The van der Waals surface area contributed by atoms with Crippen LogP contribution in [-0.2, 0) is 6.54 Å². The van der Waals surface area contributed by atoms with Gasteiger partial charge in [-0.25, -0.2) is 0 Å². The molecule has 17 heavy (non-hydrogen) atoms. The second-order valence-electron chi connectivity index (χ2n) is 4.63. The Hall–Kier alpha value is -1.12. The van der Waals surface area contributed by atoms with Crippen molar-refractivity contribution in [1.29, 1.82) is 0 Å². The Morgan fingerprint density at radius 2 is 2.12 bits per heavy atom. The zero-order chi connectivity index (χ0) is 12.3. The third kappa shape index (κ3) is 2.96. The summed E-state index contributed by atoms with van der Waals surface area (Å²) < 4.78 is 0. The molecule has 0 bridgehead atoms. The highest BCUT2D eigenvalue weighted by molar-refractivity contribution is 6.35. The summed E-state index contributed by atoms with van der Waals surface area (Å²) in [7, 11) is 0. The average Bonchev–Trinajstić information content (AvgIpc) is 2.32. The Labute approximate surface area is 107 Å². The molecule has 0 aliphatic carbocycles. The number of pyridine rings is 1. The minimum Gasteiger partial charge on any atom is -0.312 e. The number of halogens is 1. The molecule has 0 fully saturated rings. The second kappa shape index (κ2) is 5.48. The van der Waals surface area contributed by atoms with Crippen LogP contribution in [0.15, 0.2) is 30.5 Å². The van der Waals surface area contributed by atoms with Crippen LogP contribution < -0.4 is 5.32 Å². The van der Waals surface area contributed by atoms with Gasteiger partial charge in [-0.2, -0.15) is 0 Å². The number of hydrogen-bond donors (Lipinski definition) is 1. The fourth-order valence-corrected chi connectivity index (χ4v) is 2.05. The number of rotatable bonds is 4. The summed E-state index contributed by atoms with van der Waals surface area (Å²) in [6.07, 6.45) is 1.81. The summed E-state index contributed by atoms with van der Waals surface area (Å²) >= 11 is 6.15. The van der Waals surface area contributed by atoms with Crippen molar-refractivity contribution in [2.45, 2.75) is 20.4 Å². The minimum atomic E-state index is 0.654. The molecular formula is C14H17ClN2. The van der Waals surface area contributed by atoms with Gasteiger partial charge in [-0.1, -0.05) is 31.5 Å². The van der Waals surface area contributed by atoms with Gasteiger partial charge in [-0.3, -0.25) is 4.98 Å².